The molecule has 0 saturated carbocycles. The van der Waals surface area contributed by atoms with Crippen molar-refractivity contribution in [3.8, 4) is 0 Å². The molecule has 0 radical (unpaired) electrons. The molecule has 0 aliphatic carbocycles. The highest BCUT2D eigenvalue weighted by atomic mass is 32.2. The molecule has 0 aliphatic rings. The van der Waals surface area contributed by atoms with Crippen LogP contribution >= 0.6 is 0 Å². The average Bonchev–Trinajstić information content (AvgIpc) is 3.11. The Bertz CT molecular complexity index is 1140. The van der Waals surface area contributed by atoms with Gasteiger partial charge >= 0.3 is 0 Å². The fraction of sp³-hybridized carbons (Fsp3) is 0.389. The number of hydrogen-bond acceptors (Lipinski definition) is 5. The van der Waals surface area contributed by atoms with Crippen LogP contribution in [0.3, 0.4) is 0 Å². The van der Waals surface area contributed by atoms with Crippen LogP contribution < -0.4 is 5.32 Å². The third kappa shape index (κ3) is 3.78. The molecule has 0 unspecified atom stereocenters. The first-order valence-electron chi connectivity index (χ1n) is 8.78. The van der Waals surface area contributed by atoms with E-state index in [1.165, 1.54) is 18.4 Å². The maximum atomic E-state index is 12.3. The minimum absolute atomic E-state index is 0.133. The predicted molar refractivity (Wildman–Crippen MR) is 106 cm³/mol. The van der Waals surface area contributed by atoms with E-state index in [1.54, 1.807) is 36.0 Å². The van der Waals surface area contributed by atoms with E-state index < -0.39 is 10.0 Å². The van der Waals surface area contributed by atoms with Crippen LogP contribution in [-0.2, 0) is 35.3 Å². The number of carbonyl (C=O) groups is 1. The van der Waals surface area contributed by atoms with Crippen molar-refractivity contribution in [2.75, 3.05) is 19.4 Å². The highest BCUT2D eigenvalue weighted by Gasteiger charge is 2.19. The van der Waals surface area contributed by atoms with Gasteiger partial charge in [-0.05, 0) is 25.1 Å². The standard InChI is InChI=1S/C18H24N6O3S/c1-12-10-17(24(5)21-12)20-18(25)9-8-16-19-14-11-13(28(26,27)22(2)3)6-7-15(14)23(16)4/h6-7,10-11H,8-9H2,1-5H3,(H,20,25). The summed E-state index contributed by atoms with van der Waals surface area (Å²) in [6, 6.07) is 6.67. The summed E-state index contributed by atoms with van der Waals surface area (Å²) in [4.78, 5) is 17.0. The molecule has 0 spiro atoms. The Labute approximate surface area is 164 Å². The molecule has 0 aliphatic heterocycles. The van der Waals surface area contributed by atoms with Crippen molar-refractivity contribution in [1.29, 1.82) is 0 Å². The predicted octanol–water partition coefficient (Wildman–Crippen LogP) is 1.44. The van der Waals surface area contributed by atoms with Crippen LogP contribution in [0.5, 0.6) is 0 Å². The topological polar surface area (TPSA) is 102 Å². The van der Waals surface area contributed by atoms with Crippen molar-refractivity contribution in [2.45, 2.75) is 24.7 Å². The van der Waals surface area contributed by atoms with Crippen molar-refractivity contribution < 1.29 is 13.2 Å². The van der Waals surface area contributed by atoms with Crippen LogP contribution in [0.2, 0.25) is 0 Å². The van der Waals surface area contributed by atoms with Gasteiger partial charge in [0.1, 0.15) is 11.6 Å². The van der Waals surface area contributed by atoms with Crippen molar-refractivity contribution >= 4 is 32.8 Å². The van der Waals surface area contributed by atoms with E-state index >= 15 is 0 Å². The monoisotopic (exact) mass is 404 g/mol. The van der Waals surface area contributed by atoms with Gasteiger partial charge in [0, 0.05) is 47.1 Å². The number of rotatable bonds is 6. The number of fused-ring (bicyclic) bond motifs is 1. The summed E-state index contributed by atoms with van der Waals surface area (Å²) < 4.78 is 29.3. The molecule has 0 fully saturated rings. The molecular formula is C18H24N6O3S. The van der Waals surface area contributed by atoms with Crippen molar-refractivity contribution in [2.24, 2.45) is 14.1 Å². The number of nitrogens with one attached hydrogen (secondary N) is 1. The number of anilines is 1. The summed E-state index contributed by atoms with van der Waals surface area (Å²) in [5.74, 6) is 1.22. The summed E-state index contributed by atoms with van der Waals surface area (Å²) in [5, 5.41) is 7.03. The molecule has 0 saturated heterocycles. The number of aryl methyl sites for hydroxylation is 4. The van der Waals surface area contributed by atoms with Crippen LogP contribution in [0, 0.1) is 6.92 Å². The number of sulfonamides is 1. The van der Waals surface area contributed by atoms with Gasteiger partial charge in [0.05, 0.1) is 21.6 Å². The van der Waals surface area contributed by atoms with Gasteiger partial charge in [-0.25, -0.2) is 17.7 Å². The van der Waals surface area contributed by atoms with Gasteiger partial charge in [-0.15, -0.1) is 0 Å². The first-order valence-corrected chi connectivity index (χ1v) is 10.2. The number of amides is 1. The number of aromatic nitrogens is 4. The molecule has 0 bridgehead atoms. The molecule has 10 heteroatoms. The van der Waals surface area contributed by atoms with E-state index in [4.69, 9.17) is 0 Å². The third-order valence-electron chi connectivity index (χ3n) is 4.57. The van der Waals surface area contributed by atoms with Gasteiger partial charge in [0.2, 0.25) is 15.9 Å². The summed E-state index contributed by atoms with van der Waals surface area (Å²) in [7, 11) is 3.09. The lowest BCUT2D eigenvalue weighted by molar-refractivity contribution is -0.116. The van der Waals surface area contributed by atoms with Crippen LogP contribution in [0.25, 0.3) is 11.0 Å². The van der Waals surface area contributed by atoms with Crippen LogP contribution in [-0.4, -0.2) is 52.1 Å². The van der Waals surface area contributed by atoms with E-state index in [1.807, 2.05) is 18.5 Å². The molecule has 3 aromatic rings. The fourth-order valence-electron chi connectivity index (χ4n) is 2.98. The van der Waals surface area contributed by atoms with Gasteiger partial charge in [-0.1, -0.05) is 0 Å². The van der Waals surface area contributed by atoms with E-state index in [9.17, 15) is 13.2 Å². The largest absolute Gasteiger partial charge is 0.331 e. The summed E-state index contributed by atoms with van der Waals surface area (Å²) in [6.45, 7) is 1.86. The molecule has 3 rings (SSSR count). The molecule has 1 N–H and O–H groups in total. The van der Waals surface area contributed by atoms with Crippen LogP contribution in [0.1, 0.15) is 17.9 Å². The van der Waals surface area contributed by atoms with E-state index in [0.29, 0.717) is 23.6 Å². The van der Waals surface area contributed by atoms with Gasteiger partial charge in [-0.3, -0.25) is 9.48 Å². The Morgan fingerprint density at radius 2 is 1.93 bits per heavy atom. The molecule has 9 nitrogen and oxygen atoms in total. The maximum absolute atomic E-state index is 12.3. The Hall–Kier alpha value is -2.72. The average molecular weight is 404 g/mol. The first kappa shape index (κ1) is 20.0. The second kappa shape index (κ2) is 7.36. The maximum Gasteiger partial charge on any atom is 0.242 e. The molecule has 0 atom stereocenters. The zero-order chi connectivity index (χ0) is 20.6. The van der Waals surface area contributed by atoms with Gasteiger partial charge in [0.15, 0.2) is 0 Å². The summed E-state index contributed by atoms with van der Waals surface area (Å²) in [5.41, 5.74) is 2.23. The Morgan fingerprint density at radius 1 is 1.21 bits per heavy atom. The van der Waals surface area contributed by atoms with Gasteiger partial charge < -0.3 is 9.88 Å². The van der Waals surface area contributed by atoms with Crippen molar-refractivity contribution in [3.05, 3.63) is 35.8 Å². The highest BCUT2D eigenvalue weighted by molar-refractivity contribution is 7.89. The highest BCUT2D eigenvalue weighted by Crippen LogP contribution is 2.22. The third-order valence-corrected chi connectivity index (χ3v) is 6.38. The number of benzene rings is 1. The van der Waals surface area contributed by atoms with Crippen molar-refractivity contribution in [1.82, 2.24) is 23.6 Å². The van der Waals surface area contributed by atoms with Crippen molar-refractivity contribution in [3.63, 3.8) is 0 Å². The lowest BCUT2D eigenvalue weighted by atomic mass is 10.3. The zero-order valence-corrected chi connectivity index (χ0v) is 17.4. The molecule has 2 heterocycles. The molecule has 28 heavy (non-hydrogen) atoms. The molecule has 150 valence electrons. The van der Waals surface area contributed by atoms with E-state index in [-0.39, 0.29) is 17.2 Å². The number of hydrogen-bond donors (Lipinski definition) is 1. The second-order valence-electron chi connectivity index (χ2n) is 6.87. The normalized spacial score (nSPS) is 12.1. The molecule has 1 amide bonds. The molecule has 2 aromatic heterocycles. The minimum Gasteiger partial charge on any atom is -0.331 e. The lowest BCUT2D eigenvalue weighted by Crippen LogP contribution is -2.22. The summed E-state index contributed by atoms with van der Waals surface area (Å²) >= 11 is 0. The second-order valence-corrected chi connectivity index (χ2v) is 9.02. The number of imidazole rings is 1. The SMILES string of the molecule is Cc1cc(NC(=O)CCc2nc3cc(S(=O)(=O)N(C)C)ccc3n2C)n(C)n1. The summed E-state index contributed by atoms with van der Waals surface area (Å²) in [6.07, 6.45) is 0.688. The zero-order valence-electron chi connectivity index (χ0n) is 16.6. The Kier molecular flexibility index (Phi) is 5.26. The first-order chi connectivity index (χ1) is 13.1. The molecular weight excluding hydrogens is 380 g/mol. The van der Waals surface area contributed by atoms with Gasteiger partial charge in [0.25, 0.3) is 0 Å². The number of nitrogens with zero attached hydrogens (tertiary/aromatic N) is 5. The van der Waals surface area contributed by atoms with E-state index in [0.717, 1.165) is 11.2 Å². The minimum atomic E-state index is -3.52. The molecule has 1 aromatic carbocycles. The van der Waals surface area contributed by atoms with E-state index in [2.05, 4.69) is 15.4 Å². The Balaban J connectivity index is 1.77. The smallest absolute Gasteiger partial charge is 0.242 e. The number of carbonyl (C=O) groups excluding carboxylic acids is 1. The Morgan fingerprint density at radius 3 is 2.54 bits per heavy atom. The fourth-order valence-corrected chi connectivity index (χ4v) is 3.90. The van der Waals surface area contributed by atoms with Gasteiger partial charge in [-0.2, -0.15) is 5.10 Å². The quantitative estimate of drug-likeness (QED) is 0.670. The van der Waals surface area contributed by atoms with Crippen LogP contribution in [0.15, 0.2) is 29.2 Å². The lowest BCUT2D eigenvalue weighted by Gasteiger charge is -2.10. The van der Waals surface area contributed by atoms with Crippen LogP contribution in [0.4, 0.5) is 5.82 Å².